The first-order valence-corrected chi connectivity index (χ1v) is 14.9. The number of carbonyl (C=O) groups is 1. The maximum Gasteiger partial charge on any atom is 0.207 e. The molecular weight excluding hydrogens is 507 g/mol. The summed E-state index contributed by atoms with van der Waals surface area (Å²) < 4.78 is 0. The number of nitrogens with zero attached hydrogens (tertiary/aromatic N) is 2. The van der Waals surface area contributed by atoms with E-state index >= 15 is 0 Å². The highest BCUT2D eigenvalue weighted by molar-refractivity contribution is 14.2. The third-order valence-electron chi connectivity index (χ3n) is 9.63. The van der Waals surface area contributed by atoms with Gasteiger partial charge in [0.25, 0.3) is 0 Å². The second kappa shape index (κ2) is 8.58. The van der Waals surface area contributed by atoms with Gasteiger partial charge in [0, 0.05) is 34.2 Å². The van der Waals surface area contributed by atoms with E-state index in [0.717, 1.165) is 43.6 Å². The maximum absolute atomic E-state index is 12.0. The van der Waals surface area contributed by atoms with E-state index in [1.165, 1.54) is 46.6 Å². The molecule has 7 atom stereocenters. The Morgan fingerprint density at radius 3 is 2.73 bits per heavy atom. The van der Waals surface area contributed by atoms with Crippen LogP contribution >= 0.6 is 30.1 Å². The van der Waals surface area contributed by atoms with Crippen LogP contribution in [0.1, 0.15) is 72.1 Å². The first kappa shape index (κ1) is 22.9. The van der Waals surface area contributed by atoms with Crippen LogP contribution in [-0.2, 0) is 4.79 Å². The van der Waals surface area contributed by atoms with Crippen LogP contribution in [-0.4, -0.2) is 22.5 Å². The Balaban J connectivity index is 1.52. The summed E-state index contributed by atoms with van der Waals surface area (Å²) in [6.07, 6.45) is 11.5. The van der Waals surface area contributed by atoms with Gasteiger partial charge in [0.1, 0.15) is 0 Å². The van der Waals surface area contributed by atoms with Gasteiger partial charge in [-0.2, -0.15) is 5.10 Å². The van der Waals surface area contributed by atoms with Crippen LogP contribution in [0.15, 0.2) is 16.8 Å². The molecule has 168 valence electrons. The fourth-order valence-corrected chi connectivity index (χ4v) is 9.49. The van der Waals surface area contributed by atoms with Crippen molar-refractivity contribution in [3.8, 4) is 0 Å². The van der Waals surface area contributed by atoms with E-state index in [0.29, 0.717) is 28.2 Å². The lowest BCUT2D eigenvalue weighted by Crippen LogP contribution is -2.51. The van der Waals surface area contributed by atoms with Gasteiger partial charge in [-0.25, -0.2) is 5.84 Å². The van der Waals surface area contributed by atoms with Crippen molar-refractivity contribution in [1.82, 2.24) is 5.01 Å². The number of halogens is 1. The average molecular weight is 545 g/mol. The topological polar surface area (TPSA) is 84.7 Å². The van der Waals surface area contributed by atoms with Crippen LogP contribution in [0.4, 0.5) is 0 Å². The molecule has 0 aliphatic heterocycles. The van der Waals surface area contributed by atoms with E-state index in [2.05, 4.69) is 47.1 Å². The molecule has 0 radical (unpaired) electrons. The molecule has 6 unspecified atom stereocenters. The smallest absolute Gasteiger partial charge is 0.207 e. The number of carbonyl (C=O) groups excluding carboxylic acids is 1. The van der Waals surface area contributed by atoms with Gasteiger partial charge in [0.2, 0.25) is 5.17 Å². The Morgan fingerprint density at radius 2 is 2.03 bits per heavy atom. The Hall–Kier alpha value is -0.280. The maximum atomic E-state index is 12.0. The van der Waals surface area contributed by atoms with E-state index in [1.54, 1.807) is 5.01 Å². The first-order chi connectivity index (χ1) is 14.2. The molecule has 0 amide bonds. The Morgan fingerprint density at radius 1 is 1.27 bits per heavy atom. The Bertz CT molecular complexity index is 757. The van der Waals surface area contributed by atoms with Crippen LogP contribution in [0.2, 0.25) is 0 Å². The van der Waals surface area contributed by atoms with Crippen molar-refractivity contribution in [2.75, 3.05) is 6.54 Å². The van der Waals surface area contributed by atoms with E-state index < -0.39 is 0 Å². The molecule has 7 heteroatoms. The number of amidine groups is 1. The largest absolute Gasteiger partial charge is 0.321 e. The summed E-state index contributed by atoms with van der Waals surface area (Å²) in [7, 11) is 1.48. The molecule has 4 rings (SSSR count). The molecule has 0 saturated heterocycles. The number of hydrazine groups is 1. The lowest BCUT2D eigenvalue weighted by molar-refractivity contribution is -0.117. The van der Waals surface area contributed by atoms with Crippen molar-refractivity contribution in [1.29, 1.82) is 0 Å². The van der Waals surface area contributed by atoms with Crippen molar-refractivity contribution in [2.45, 2.75) is 72.1 Å². The number of allylic oxidation sites excluding steroid dienone is 1. The molecule has 0 spiro atoms. The minimum atomic E-state index is 0.264. The van der Waals surface area contributed by atoms with Crippen molar-refractivity contribution in [3.63, 3.8) is 0 Å². The second-order valence-electron chi connectivity index (χ2n) is 10.8. The fourth-order valence-electron chi connectivity index (χ4n) is 8.19. The molecule has 3 saturated carbocycles. The number of nitrogens with two attached hydrogens (primary N) is 2. The Labute approximate surface area is 197 Å². The van der Waals surface area contributed by atoms with Gasteiger partial charge in [-0.15, -0.1) is 0 Å². The lowest BCUT2D eigenvalue weighted by Gasteiger charge is -2.58. The quantitative estimate of drug-likeness (QED) is 0.167. The summed E-state index contributed by atoms with van der Waals surface area (Å²) >= 11 is 2.19. The molecule has 0 heterocycles. The number of hydrogen-bond acceptors (Lipinski definition) is 5. The third kappa shape index (κ3) is 3.64. The standard InChI is InChI=1S/C23H37IN4OS/c1-14(13-28(26)21(27-25)30-24)18-6-7-19-17-5-4-15-12-16(29)8-10-22(15,2)20(17)9-11-23(18,19)3/h12,14,17-20H,4-11,13,25-26H2,1-3H3/b27-21+/t14-,17?,18?,19?,20?,22?,23?/m1/s1. The summed E-state index contributed by atoms with van der Waals surface area (Å²) in [4.78, 5) is 12.0. The van der Waals surface area contributed by atoms with E-state index in [-0.39, 0.29) is 5.41 Å². The predicted octanol–water partition coefficient (Wildman–Crippen LogP) is 5.26. The van der Waals surface area contributed by atoms with Crippen LogP contribution in [0.5, 0.6) is 0 Å². The summed E-state index contributed by atoms with van der Waals surface area (Å²) in [5.74, 6) is 15.8. The monoisotopic (exact) mass is 544 g/mol. The lowest BCUT2D eigenvalue weighted by atomic mass is 9.46. The Kier molecular flexibility index (Phi) is 6.55. The number of hydrogen-bond donors (Lipinski definition) is 2. The van der Waals surface area contributed by atoms with Crippen molar-refractivity contribution < 1.29 is 4.79 Å². The van der Waals surface area contributed by atoms with E-state index in [9.17, 15) is 4.79 Å². The molecular formula is C23H37IN4OS. The zero-order valence-electron chi connectivity index (χ0n) is 18.6. The summed E-state index contributed by atoms with van der Waals surface area (Å²) in [6, 6.07) is 0. The highest BCUT2D eigenvalue weighted by atomic mass is 127. The molecule has 5 nitrogen and oxygen atoms in total. The van der Waals surface area contributed by atoms with Gasteiger partial charge in [-0.05, 0) is 100 Å². The van der Waals surface area contributed by atoms with Crippen LogP contribution in [0, 0.1) is 40.4 Å². The van der Waals surface area contributed by atoms with Crippen LogP contribution in [0.25, 0.3) is 0 Å². The summed E-state index contributed by atoms with van der Waals surface area (Å²) in [5.41, 5.74) is 2.14. The molecule has 0 aromatic carbocycles. The highest BCUT2D eigenvalue weighted by Crippen LogP contribution is 2.67. The zero-order chi connectivity index (χ0) is 21.7. The third-order valence-corrected chi connectivity index (χ3v) is 11.3. The van der Waals surface area contributed by atoms with Crippen molar-refractivity contribution in [2.24, 2.45) is 57.2 Å². The van der Waals surface area contributed by atoms with Crippen molar-refractivity contribution >= 4 is 41.1 Å². The van der Waals surface area contributed by atoms with Gasteiger partial charge >= 0.3 is 0 Å². The van der Waals surface area contributed by atoms with Crippen LogP contribution in [0.3, 0.4) is 0 Å². The number of rotatable bonds is 3. The van der Waals surface area contributed by atoms with E-state index in [4.69, 9.17) is 11.7 Å². The van der Waals surface area contributed by atoms with Gasteiger partial charge in [-0.3, -0.25) is 9.80 Å². The number of ketones is 1. The number of hydrazone groups is 1. The molecule has 3 fully saturated rings. The van der Waals surface area contributed by atoms with Gasteiger partial charge in [0.05, 0.1) is 0 Å². The SMILES string of the molecule is C[C@H](CN(N)/C(=N\N)SI)C1CCC2C3CCC4=CC(=O)CCC4(C)C3CCC21C. The normalized spacial score (nSPS) is 42.1. The molecule has 0 bridgehead atoms. The predicted molar refractivity (Wildman–Crippen MR) is 133 cm³/mol. The molecule has 4 aliphatic carbocycles. The highest BCUT2D eigenvalue weighted by Gasteiger charge is 2.59. The molecule has 4 aliphatic rings. The van der Waals surface area contributed by atoms with Crippen LogP contribution < -0.4 is 11.7 Å². The summed E-state index contributed by atoms with van der Waals surface area (Å²) in [6.45, 7) is 8.22. The minimum Gasteiger partial charge on any atom is -0.321 e. The summed E-state index contributed by atoms with van der Waals surface area (Å²) in [5, 5.41) is 6.26. The molecule has 0 aromatic rings. The fraction of sp³-hybridized carbons (Fsp3) is 0.826. The minimum absolute atomic E-state index is 0.264. The van der Waals surface area contributed by atoms with Gasteiger partial charge < -0.3 is 5.84 Å². The number of fused-ring (bicyclic) bond motifs is 5. The van der Waals surface area contributed by atoms with Gasteiger partial charge in [-0.1, -0.05) is 26.3 Å². The van der Waals surface area contributed by atoms with Crippen molar-refractivity contribution in [3.05, 3.63) is 11.6 Å². The zero-order valence-corrected chi connectivity index (χ0v) is 21.5. The van der Waals surface area contributed by atoms with E-state index in [1.807, 2.05) is 6.08 Å². The molecule has 0 aromatic heterocycles. The first-order valence-electron chi connectivity index (χ1n) is 11.6. The van der Waals surface area contributed by atoms with Gasteiger partial charge in [0.15, 0.2) is 5.78 Å². The molecule has 4 N–H and O–H groups in total. The molecule has 30 heavy (non-hydrogen) atoms. The average Bonchev–Trinajstić information content (AvgIpc) is 3.06. The second-order valence-corrected chi connectivity index (χ2v) is 12.7.